The molecule has 0 spiro atoms. The largest absolute Gasteiger partial charge is 0.265 e. The maximum Gasteiger partial charge on any atom is 0.127 e. The van der Waals surface area contributed by atoms with Gasteiger partial charge in [-0.3, -0.25) is 4.98 Å². The van der Waals surface area contributed by atoms with Crippen LogP contribution in [0.3, 0.4) is 0 Å². The second-order valence-electron chi connectivity index (χ2n) is 6.34. The van der Waals surface area contributed by atoms with Gasteiger partial charge in [-0.15, -0.1) is 5.10 Å². The summed E-state index contributed by atoms with van der Waals surface area (Å²) < 4.78 is 2.95. The Morgan fingerprint density at radius 2 is 1.81 bits per heavy atom. The minimum Gasteiger partial charge on any atom is -0.265 e. The number of hydrogen-bond donors (Lipinski definition) is 0. The van der Waals surface area contributed by atoms with E-state index in [1.807, 2.05) is 16.8 Å². The highest BCUT2D eigenvalue weighted by molar-refractivity contribution is 9.10. The van der Waals surface area contributed by atoms with Crippen LogP contribution in [0.1, 0.15) is 20.8 Å². The van der Waals surface area contributed by atoms with Crippen molar-refractivity contribution in [1.29, 1.82) is 0 Å². The summed E-state index contributed by atoms with van der Waals surface area (Å²) in [7, 11) is 0. The number of pyridine rings is 1. The molecule has 0 atom stereocenters. The van der Waals surface area contributed by atoms with Crippen molar-refractivity contribution in [3.63, 3.8) is 0 Å². The average Bonchev–Trinajstić information content (AvgIpc) is 2.82. The number of hydrogen-bond acceptors (Lipinski definition) is 3. The van der Waals surface area contributed by atoms with Crippen molar-refractivity contribution in [1.82, 2.24) is 20.0 Å². The summed E-state index contributed by atoms with van der Waals surface area (Å²) in [6, 6.07) is 8.17. The summed E-state index contributed by atoms with van der Waals surface area (Å²) in [6.07, 6.45) is 3.59. The summed E-state index contributed by atoms with van der Waals surface area (Å²) in [5.41, 5.74) is 4.33. The second-order valence-corrected chi connectivity index (χ2v) is 7.13. The summed E-state index contributed by atoms with van der Waals surface area (Å²) in [5.74, 6) is 0. The Hall–Kier alpha value is -1.75. The molecule has 0 radical (unpaired) electrons. The lowest BCUT2D eigenvalue weighted by Crippen LogP contribution is -2.16. The summed E-state index contributed by atoms with van der Waals surface area (Å²) in [5, 5.41) is 8.64. The third-order valence-electron chi connectivity index (χ3n) is 3.24. The number of nitrogens with zero attached hydrogens (tertiary/aromatic N) is 4. The molecule has 0 aliphatic carbocycles. The minimum absolute atomic E-state index is 0.164. The lowest BCUT2D eigenvalue weighted by Gasteiger charge is -2.18. The van der Waals surface area contributed by atoms with Crippen LogP contribution in [0.25, 0.3) is 22.2 Å². The van der Waals surface area contributed by atoms with E-state index < -0.39 is 0 Å². The van der Waals surface area contributed by atoms with Gasteiger partial charge in [0.05, 0.1) is 9.99 Å². The van der Waals surface area contributed by atoms with Gasteiger partial charge in [0, 0.05) is 18.9 Å². The van der Waals surface area contributed by atoms with Gasteiger partial charge in [0.15, 0.2) is 0 Å². The van der Waals surface area contributed by atoms with Crippen LogP contribution in [0.4, 0.5) is 0 Å². The van der Waals surface area contributed by atoms with Crippen LogP contribution < -0.4 is 0 Å². The molecule has 2 heterocycles. The molecule has 1 aromatic carbocycles. The first-order chi connectivity index (χ1) is 9.96. The van der Waals surface area contributed by atoms with Crippen molar-refractivity contribution in [2.45, 2.75) is 27.3 Å². The van der Waals surface area contributed by atoms with Crippen molar-refractivity contribution >= 4 is 27.0 Å². The maximum absolute atomic E-state index is 4.34. The monoisotopic (exact) mass is 344 g/mol. The molecule has 0 bridgehead atoms. The third kappa shape index (κ3) is 2.83. The Morgan fingerprint density at radius 3 is 2.48 bits per heavy atom. The number of halogens is 1. The topological polar surface area (TPSA) is 43.6 Å². The van der Waals surface area contributed by atoms with Crippen molar-refractivity contribution < 1.29 is 0 Å². The predicted octanol–water partition coefficient (Wildman–Crippen LogP) is 4.30. The van der Waals surface area contributed by atoms with Crippen LogP contribution in [0.15, 0.2) is 41.1 Å². The molecule has 0 unspecified atom stereocenters. The molecule has 4 nitrogen and oxygen atoms in total. The smallest absolute Gasteiger partial charge is 0.127 e. The molecule has 0 amide bonds. The zero-order valence-corrected chi connectivity index (χ0v) is 13.9. The number of fused-ring (bicyclic) bond motifs is 1. The van der Waals surface area contributed by atoms with Crippen LogP contribution in [0, 0.1) is 5.41 Å². The molecule has 3 rings (SSSR count). The standard InChI is InChI=1S/C16H17BrN4/c1-16(2,3)10-21-13-5-4-12(11-6-8-18-9-7-11)14(17)15(13)19-20-21/h4-9H,10H2,1-3H3. The van der Waals surface area contributed by atoms with Crippen LogP contribution in [0.5, 0.6) is 0 Å². The fourth-order valence-corrected chi connectivity index (χ4v) is 2.97. The molecule has 108 valence electrons. The van der Waals surface area contributed by atoms with Gasteiger partial charge >= 0.3 is 0 Å². The molecule has 0 fully saturated rings. The average molecular weight is 345 g/mol. The first-order valence-corrected chi connectivity index (χ1v) is 7.67. The molecule has 0 aliphatic heterocycles. The van der Waals surface area contributed by atoms with Crippen LogP contribution >= 0.6 is 15.9 Å². The Bertz CT molecular complexity index is 772. The number of benzene rings is 1. The molecule has 0 N–H and O–H groups in total. The molecule has 21 heavy (non-hydrogen) atoms. The number of aromatic nitrogens is 4. The summed E-state index contributed by atoms with van der Waals surface area (Å²) >= 11 is 3.68. The highest BCUT2D eigenvalue weighted by atomic mass is 79.9. The first kappa shape index (κ1) is 14.2. The van der Waals surface area contributed by atoms with E-state index in [2.05, 4.69) is 64.1 Å². The summed E-state index contributed by atoms with van der Waals surface area (Å²) in [4.78, 5) is 4.06. The normalized spacial score (nSPS) is 12.0. The van der Waals surface area contributed by atoms with E-state index in [4.69, 9.17) is 0 Å². The Balaban J connectivity index is 2.11. The Labute approximate surface area is 132 Å². The van der Waals surface area contributed by atoms with Crippen molar-refractivity contribution in [2.75, 3.05) is 0 Å². The van der Waals surface area contributed by atoms with Crippen molar-refractivity contribution in [3.05, 3.63) is 41.1 Å². The molecular weight excluding hydrogens is 328 g/mol. The van der Waals surface area contributed by atoms with Crippen molar-refractivity contribution in [3.8, 4) is 11.1 Å². The van der Waals surface area contributed by atoms with Crippen LogP contribution in [-0.2, 0) is 6.54 Å². The maximum atomic E-state index is 4.34. The quantitative estimate of drug-likeness (QED) is 0.695. The van der Waals surface area contributed by atoms with Gasteiger partial charge in [-0.25, -0.2) is 4.68 Å². The fraction of sp³-hybridized carbons (Fsp3) is 0.312. The third-order valence-corrected chi connectivity index (χ3v) is 4.04. The van der Waals surface area contributed by atoms with Crippen LogP contribution in [-0.4, -0.2) is 20.0 Å². The van der Waals surface area contributed by atoms with Crippen molar-refractivity contribution in [2.24, 2.45) is 5.41 Å². The van der Waals surface area contributed by atoms with E-state index in [0.717, 1.165) is 33.2 Å². The van der Waals surface area contributed by atoms with Gasteiger partial charge in [0.1, 0.15) is 5.52 Å². The van der Waals surface area contributed by atoms with E-state index in [-0.39, 0.29) is 5.41 Å². The van der Waals surface area contributed by atoms with E-state index in [1.165, 1.54) is 0 Å². The van der Waals surface area contributed by atoms with Gasteiger partial charge < -0.3 is 0 Å². The lowest BCUT2D eigenvalue weighted by atomic mass is 9.97. The van der Waals surface area contributed by atoms with E-state index in [9.17, 15) is 0 Å². The van der Waals surface area contributed by atoms with Gasteiger partial charge in [-0.05, 0) is 50.7 Å². The van der Waals surface area contributed by atoms with Gasteiger partial charge in [-0.2, -0.15) is 0 Å². The van der Waals surface area contributed by atoms with E-state index in [0.29, 0.717) is 0 Å². The minimum atomic E-state index is 0.164. The molecule has 5 heteroatoms. The number of rotatable bonds is 2. The first-order valence-electron chi connectivity index (χ1n) is 6.88. The van der Waals surface area contributed by atoms with Crippen LogP contribution in [0.2, 0.25) is 0 Å². The van der Waals surface area contributed by atoms with E-state index >= 15 is 0 Å². The predicted molar refractivity (Wildman–Crippen MR) is 87.9 cm³/mol. The molecule has 0 saturated heterocycles. The highest BCUT2D eigenvalue weighted by Crippen LogP contribution is 2.33. The van der Waals surface area contributed by atoms with Gasteiger partial charge in [-0.1, -0.05) is 32.1 Å². The molecular formula is C16H17BrN4. The lowest BCUT2D eigenvalue weighted by molar-refractivity contribution is 0.327. The molecule has 0 aliphatic rings. The highest BCUT2D eigenvalue weighted by Gasteiger charge is 2.17. The zero-order valence-electron chi connectivity index (χ0n) is 12.3. The SMILES string of the molecule is CC(C)(C)Cn1nnc2c(Br)c(-c3ccncc3)ccc21. The van der Waals surface area contributed by atoms with Gasteiger partial charge in [0.2, 0.25) is 0 Å². The molecule has 3 aromatic rings. The van der Waals surface area contributed by atoms with Gasteiger partial charge in [0.25, 0.3) is 0 Å². The molecule has 2 aromatic heterocycles. The molecule has 0 saturated carbocycles. The zero-order chi connectivity index (χ0) is 15.0. The fourth-order valence-electron chi connectivity index (χ4n) is 2.33. The Kier molecular flexibility index (Phi) is 3.53. The second kappa shape index (κ2) is 5.22. The van der Waals surface area contributed by atoms with E-state index in [1.54, 1.807) is 12.4 Å². The summed E-state index contributed by atoms with van der Waals surface area (Å²) in [6.45, 7) is 7.42. The Morgan fingerprint density at radius 1 is 1.10 bits per heavy atom.